The second-order valence-electron chi connectivity index (χ2n) is 23.2. The Kier molecular flexibility index (Phi) is 57.7. The van der Waals surface area contributed by atoms with Crippen molar-refractivity contribution in [1.29, 1.82) is 0 Å². The lowest BCUT2D eigenvalue weighted by molar-refractivity contribution is -0.161. The summed E-state index contributed by atoms with van der Waals surface area (Å²) in [6.07, 6.45) is 44.8. The molecule has 492 valence electrons. The molecule has 2 unspecified atom stereocenters. The number of aliphatic hydroxyl groups excluding tert-OH is 1. The van der Waals surface area contributed by atoms with Gasteiger partial charge in [0.25, 0.3) is 0 Å². The fourth-order valence-corrected chi connectivity index (χ4v) is 11.2. The van der Waals surface area contributed by atoms with Gasteiger partial charge in [-0.1, -0.05) is 278 Å². The molecule has 0 bridgehead atoms. The van der Waals surface area contributed by atoms with Gasteiger partial charge in [0.05, 0.1) is 26.4 Å². The van der Waals surface area contributed by atoms with Crippen LogP contribution in [0.4, 0.5) is 0 Å². The molecule has 0 aromatic carbocycles. The quantitative estimate of drug-likeness (QED) is 0.0222. The molecule has 0 radical (unpaired) electrons. The first-order valence-electron chi connectivity index (χ1n) is 33.8. The van der Waals surface area contributed by atoms with Crippen molar-refractivity contribution in [1.82, 2.24) is 0 Å². The highest BCUT2D eigenvalue weighted by Crippen LogP contribution is 2.45. The lowest BCUT2D eigenvalue weighted by Gasteiger charge is -2.21. The molecule has 0 amide bonds. The number of hydrogen-bond acceptors (Lipinski definition) is 15. The SMILES string of the molecule is CCCCCCCCCCCCCCCCCC(=O)O[C@H](COC(=O)CCCCCC)COP(=O)(O)OC[C@@H](O)COP(=O)(O)OC[C@@H](COC(=O)CCCCCCCCCCCCC)OC(=O)CCCCCCCCCCCCCCC. The van der Waals surface area contributed by atoms with E-state index in [0.717, 1.165) is 89.9 Å². The molecular weight excluding hydrogens is 1100 g/mol. The number of aliphatic hydroxyl groups is 1. The van der Waals surface area contributed by atoms with Gasteiger partial charge in [0, 0.05) is 25.7 Å². The molecule has 17 nitrogen and oxygen atoms in total. The van der Waals surface area contributed by atoms with E-state index in [2.05, 4.69) is 27.7 Å². The Balaban J connectivity index is 5.11. The second kappa shape index (κ2) is 59.0. The molecule has 0 aliphatic carbocycles. The van der Waals surface area contributed by atoms with Crippen LogP contribution >= 0.6 is 15.6 Å². The smallest absolute Gasteiger partial charge is 0.462 e. The van der Waals surface area contributed by atoms with Crippen molar-refractivity contribution in [2.45, 2.75) is 348 Å². The highest BCUT2D eigenvalue weighted by molar-refractivity contribution is 7.47. The molecule has 0 aromatic rings. The number of carbonyl (C=O) groups excluding carboxylic acids is 4. The van der Waals surface area contributed by atoms with E-state index in [9.17, 15) is 43.2 Å². The first-order valence-corrected chi connectivity index (χ1v) is 36.8. The lowest BCUT2D eigenvalue weighted by atomic mass is 10.0. The van der Waals surface area contributed by atoms with E-state index in [-0.39, 0.29) is 25.7 Å². The van der Waals surface area contributed by atoms with Crippen molar-refractivity contribution in [3.05, 3.63) is 0 Å². The number of carbonyl (C=O) groups is 4. The van der Waals surface area contributed by atoms with E-state index in [1.807, 2.05) is 0 Å². The maximum Gasteiger partial charge on any atom is 0.472 e. The molecule has 5 atom stereocenters. The zero-order valence-electron chi connectivity index (χ0n) is 53.2. The van der Waals surface area contributed by atoms with Gasteiger partial charge in [-0.05, 0) is 25.7 Å². The van der Waals surface area contributed by atoms with Crippen LogP contribution in [0.25, 0.3) is 0 Å². The summed E-state index contributed by atoms with van der Waals surface area (Å²) < 4.78 is 67.8. The van der Waals surface area contributed by atoms with E-state index in [0.29, 0.717) is 25.7 Å². The fourth-order valence-electron chi connectivity index (χ4n) is 9.63. The molecule has 3 N–H and O–H groups in total. The number of hydrogen-bond donors (Lipinski definition) is 3. The number of phosphoric ester groups is 2. The molecule has 19 heteroatoms. The van der Waals surface area contributed by atoms with Crippen LogP contribution in [-0.2, 0) is 65.4 Å². The third-order valence-corrected chi connectivity index (χ3v) is 16.8. The average molecular weight is 1230 g/mol. The van der Waals surface area contributed by atoms with E-state index in [1.54, 1.807) is 0 Å². The van der Waals surface area contributed by atoms with Crippen molar-refractivity contribution >= 4 is 39.5 Å². The van der Waals surface area contributed by atoms with Crippen LogP contribution in [-0.4, -0.2) is 96.7 Å². The van der Waals surface area contributed by atoms with Gasteiger partial charge in [-0.3, -0.25) is 37.3 Å². The van der Waals surface area contributed by atoms with Gasteiger partial charge in [-0.15, -0.1) is 0 Å². The monoisotopic (exact) mass is 1230 g/mol. The molecule has 0 saturated heterocycles. The molecule has 0 aromatic heterocycles. The summed E-state index contributed by atoms with van der Waals surface area (Å²) in [4.78, 5) is 71.9. The van der Waals surface area contributed by atoms with Gasteiger partial charge in [0.2, 0.25) is 0 Å². The Morgan fingerprint density at radius 1 is 0.289 bits per heavy atom. The fraction of sp³-hybridized carbons (Fsp3) is 0.938. The minimum absolute atomic E-state index is 0.107. The number of ether oxygens (including phenoxy) is 4. The van der Waals surface area contributed by atoms with Crippen LogP contribution in [0.5, 0.6) is 0 Å². The van der Waals surface area contributed by atoms with E-state index < -0.39 is 97.5 Å². The van der Waals surface area contributed by atoms with Crippen molar-refractivity contribution in [2.24, 2.45) is 0 Å². The average Bonchev–Trinajstić information content (AvgIpc) is 3.49. The molecule has 0 spiro atoms. The normalized spacial score (nSPS) is 14.2. The van der Waals surface area contributed by atoms with Gasteiger partial charge in [0.15, 0.2) is 12.2 Å². The van der Waals surface area contributed by atoms with Crippen LogP contribution in [0.15, 0.2) is 0 Å². The predicted molar refractivity (Wildman–Crippen MR) is 331 cm³/mol. The van der Waals surface area contributed by atoms with Crippen LogP contribution in [0, 0.1) is 0 Å². The van der Waals surface area contributed by atoms with Crippen molar-refractivity contribution in [3.63, 3.8) is 0 Å². The maximum atomic E-state index is 13.0. The summed E-state index contributed by atoms with van der Waals surface area (Å²) in [6.45, 7) is 4.78. The predicted octanol–water partition coefficient (Wildman–Crippen LogP) is 17.9. The van der Waals surface area contributed by atoms with Gasteiger partial charge in [-0.2, -0.15) is 0 Å². The zero-order valence-corrected chi connectivity index (χ0v) is 54.9. The molecule has 0 saturated carbocycles. The van der Waals surface area contributed by atoms with Gasteiger partial charge >= 0.3 is 39.5 Å². The van der Waals surface area contributed by atoms with E-state index in [1.165, 1.54) is 161 Å². The largest absolute Gasteiger partial charge is 0.472 e. The molecule has 0 aliphatic heterocycles. The molecule has 0 rings (SSSR count). The van der Waals surface area contributed by atoms with Gasteiger partial charge in [0.1, 0.15) is 19.3 Å². The number of unbranched alkanes of at least 4 members (excludes halogenated alkanes) is 39. The minimum atomic E-state index is -4.94. The van der Waals surface area contributed by atoms with Crippen LogP contribution in [0.2, 0.25) is 0 Å². The van der Waals surface area contributed by atoms with E-state index >= 15 is 0 Å². The Morgan fingerprint density at radius 2 is 0.482 bits per heavy atom. The Morgan fingerprint density at radius 3 is 0.723 bits per heavy atom. The third-order valence-electron chi connectivity index (χ3n) is 14.9. The number of esters is 4. The number of rotatable bonds is 65. The van der Waals surface area contributed by atoms with Crippen molar-refractivity contribution in [3.8, 4) is 0 Å². The lowest BCUT2D eigenvalue weighted by Crippen LogP contribution is -2.30. The van der Waals surface area contributed by atoms with Crippen LogP contribution in [0.3, 0.4) is 0 Å². The summed E-state index contributed by atoms with van der Waals surface area (Å²) >= 11 is 0. The summed E-state index contributed by atoms with van der Waals surface area (Å²) in [7, 11) is -9.87. The van der Waals surface area contributed by atoms with Gasteiger partial charge < -0.3 is 33.8 Å². The Labute approximate surface area is 505 Å². The first-order chi connectivity index (χ1) is 40.2. The van der Waals surface area contributed by atoms with Gasteiger partial charge in [-0.25, -0.2) is 9.13 Å². The van der Waals surface area contributed by atoms with Crippen LogP contribution < -0.4 is 0 Å². The zero-order chi connectivity index (χ0) is 61.2. The second-order valence-corrected chi connectivity index (χ2v) is 26.1. The first kappa shape index (κ1) is 81.1. The molecule has 0 aliphatic rings. The molecule has 0 fully saturated rings. The summed E-state index contributed by atoms with van der Waals surface area (Å²) in [5.41, 5.74) is 0. The third kappa shape index (κ3) is 58.8. The topological polar surface area (TPSA) is 237 Å². The highest BCUT2D eigenvalue weighted by Gasteiger charge is 2.30. The van der Waals surface area contributed by atoms with Crippen molar-refractivity contribution in [2.75, 3.05) is 39.6 Å². The standard InChI is InChI=1S/C64H124O17P2/c1-5-9-13-17-20-23-26-28-29-31-34-37-40-43-47-50-63(68)80-59(54-74-61(66)48-44-16-12-8-4)56-78-82(70,71)76-52-58(65)53-77-83(72,73)79-57-60(55-75-62(67)49-45-41-38-35-32-25-22-19-15-11-7-3)81-64(69)51-46-42-39-36-33-30-27-24-21-18-14-10-6-2/h58-60,65H,5-57H2,1-4H3,(H,70,71)(H,72,73)/t58-,59-,60-/m1/s1. The minimum Gasteiger partial charge on any atom is -0.462 e. The highest BCUT2D eigenvalue weighted by atomic mass is 31.2. The number of phosphoric acid groups is 2. The van der Waals surface area contributed by atoms with Crippen molar-refractivity contribution < 1.29 is 80.2 Å². The summed E-state index contributed by atoms with van der Waals surface area (Å²) in [5, 5.41) is 10.5. The molecule has 0 heterocycles. The Hall–Kier alpha value is -1.94. The van der Waals surface area contributed by atoms with Crippen LogP contribution in [0.1, 0.15) is 329 Å². The Bertz CT molecular complexity index is 1600. The summed E-state index contributed by atoms with van der Waals surface area (Å²) in [6, 6.07) is 0. The summed E-state index contributed by atoms with van der Waals surface area (Å²) in [5.74, 6) is -2.14. The van der Waals surface area contributed by atoms with E-state index in [4.69, 9.17) is 37.0 Å². The molecular formula is C64H124O17P2. The maximum absolute atomic E-state index is 13.0. The molecule has 83 heavy (non-hydrogen) atoms.